The van der Waals surface area contributed by atoms with E-state index in [-0.39, 0.29) is 22.7 Å². The van der Waals surface area contributed by atoms with Crippen molar-refractivity contribution in [3.05, 3.63) is 59.2 Å². The summed E-state index contributed by atoms with van der Waals surface area (Å²) in [5.74, 6) is 0. The number of amides is 2. The second kappa shape index (κ2) is 8.29. The van der Waals surface area contributed by atoms with E-state index >= 15 is 0 Å². The number of rotatable bonds is 5. The van der Waals surface area contributed by atoms with Crippen LogP contribution in [0.5, 0.6) is 0 Å². The van der Waals surface area contributed by atoms with Crippen LogP contribution in [0.3, 0.4) is 0 Å². The maximum atomic E-state index is 12.3. The molecule has 2 N–H and O–H groups in total. The van der Waals surface area contributed by atoms with E-state index in [1.165, 1.54) is 41.0 Å². The standard InChI is InChI=1S/C18H19F3N2OS/c1-12-3-4-14(13(2)11-12)9-10-22-17(24)23-15-5-7-16(8-6-15)25-18(19,20)21/h3-8,11H,9-10H2,1-2H3,(H2,22,23,24). The molecule has 0 radical (unpaired) electrons. The number of urea groups is 1. The lowest BCUT2D eigenvalue weighted by atomic mass is 10.0. The minimum absolute atomic E-state index is 0.0771. The molecule has 0 saturated carbocycles. The number of carbonyl (C=O) groups is 1. The molecule has 0 aliphatic heterocycles. The highest BCUT2D eigenvalue weighted by molar-refractivity contribution is 8.00. The van der Waals surface area contributed by atoms with Crippen LogP contribution in [0.15, 0.2) is 47.4 Å². The van der Waals surface area contributed by atoms with Gasteiger partial charge in [-0.3, -0.25) is 0 Å². The van der Waals surface area contributed by atoms with Crippen LogP contribution >= 0.6 is 11.8 Å². The number of anilines is 1. The van der Waals surface area contributed by atoms with Crippen molar-refractivity contribution in [3.63, 3.8) is 0 Å². The van der Waals surface area contributed by atoms with Gasteiger partial charge in [-0.05, 0) is 67.4 Å². The van der Waals surface area contributed by atoms with Crippen molar-refractivity contribution >= 4 is 23.5 Å². The zero-order chi connectivity index (χ0) is 18.4. The number of hydrogen-bond donors (Lipinski definition) is 2. The van der Waals surface area contributed by atoms with E-state index in [0.717, 1.165) is 0 Å². The predicted octanol–water partition coefficient (Wildman–Crippen LogP) is 5.28. The summed E-state index contributed by atoms with van der Waals surface area (Å²) in [5.41, 5.74) is -0.338. The lowest BCUT2D eigenvalue weighted by Crippen LogP contribution is -2.30. The molecule has 0 aliphatic carbocycles. The first kappa shape index (κ1) is 19.2. The van der Waals surface area contributed by atoms with Crippen LogP contribution in [0.25, 0.3) is 0 Å². The van der Waals surface area contributed by atoms with Gasteiger partial charge in [0.15, 0.2) is 0 Å². The van der Waals surface area contributed by atoms with Gasteiger partial charge >= 0.3 is 11.5 Å². The number of nitrogens with one attached hydrogen (secondary N) is 2. The summed E-state index contributed by atoms with van der Waals surface area (Å²) < 4.78 is 36.8. The monoisotopic (exact) mass is 368 g/mol. The van der Waals surface area contributed by atoms with Crippen LogP contribution in [-0.2, 0) is 6.42 Å². The second-order valence-electron chi connectivity index (χ2n) is 5.63. The normalized spacial score (nSPS) is 11.2. The van der Waals surface area contributed by atoms with Crippen LogP contribution < -0.4 is 10.6 Å². The summed E-state index contributed by atoms with van der Waals surface area (Å²) >= 11 is -0.186. The fraction of sp³-hybridized carbons (Fsp3) is 0.278. The Morgan fingerprint density at radius 1 is 1.08 bits per heavy atom. The molecule has 7 heteroatoms. The van der Waals surface area contributed by atoms with Crippen LogP contribution in [0.1, 0.15) is 16.7 Å². The van der Waals surface area contributed by atoms with Gasteiger partial charge in [0.05, 0.1) is 0 Å². The van der Waals surface area contributed by atoms with Crippen molar-refractivity contribution < 1.29 is 18.0 Å². The molecule has 2 aromatic rings. The fourth-order valence-electron chi connectivity index (χ4n) is 2.35. The molecular formula is C18H19F3N2OS. The molecule has 0 unspecified atom stereocenters. The maximum Gasteiger partial charge on any atom is 0.446 e. The molecule has 3 nitrogen and oxygen atoms in total. The number of alkyl halides is 3. The molecular weight excluding hydrogens is 349 g/mol. The zero-order valence-corrected chi connectivity index (χ0v) is 14.7. The topological polar surface area (TPSA) is 41.1 Å². The molecule has 0 spiro atoms. The quantitative estimate of drug-likeness (QED) is 0.705. The molecule has 0 fully saturated rings. The van der Waals surface area contributed by atoms with Crippen LogP contribution in [0.2, 0.25) is 0 Å². The summed E-state index contributed by atoms with van der Waals surface area (Å²) in [6.07, 6.45) is 0.709. The van der Waals surface area contributed by atoms with Crippen LogP contribution in [0.4, 0.5) is 23.7 Å². The van der Waals surface area contributed by atoms with Gasteiger partial charge in [0, 0.05) is 17.1 Å². The summed E-state index contributed by atoms with van der Waals surface area (Å²) in [4.78, 5) is 11.9. The molecule has 25 heavy (non-hydrogen) atoms. The molecule has 0 bridgehead atoms. The Labute approximate surface area is 149 Å². The first-order valence-electron chi connectivity index (χ1n) is 7.70. The van der Waals surface area contributed by atoms with E-state index in [1.54, 1.807) is 0 Å². The first-order chi connectivity index (χ1) is 11.7. The highest BCUT2D eigenvalue weighted by Gasteiger charge is 2.28. The predicted molar refractivity (Wildman–Crippen MR) is 95.0 cm³/mol. The van der Waals surface area contributed by atoms with Gasteiger partial charge in [-0.25, -0.2) is 4.79 Å². The maximum absolute atomic E-state index is 12.3. The van der Waals surface area contributed by atoms with E-state index in [2.05, 4.69) is 16.7 Å². The highest BCUT2D eigenvalue weighted by atomic mass is 32.2. The largest absolute Gasteiger partial charge is 0.446 e. The summed E-state index contributed by atoms with van der Waals surface area (Å²) in [6, 6.07) is 11.3. The third kappa shape index (κ3) is 6.70. The van der Waals surface area contributed by atoms with Crippen molar-refractivity contribution in [2.24, 2.45) is 0 Å². The van der Waals surface area contributed by atoms with Crippen molar-refractivity contribution in [3.8, 4) is 0 Å². The minimum atomic E-state index is -4.32. The number of hydrogen-bond acceptors (Lipinski definition) is 2. The number of aryl methyl sites for hydroxylation is 2. The van der Waals surface area contributed by atoms with E-state index in [9.17, 15) is 18.0 Å². The van der Waals surface area contributed by atoms with Crippen LogP contribution in [-0.4, -0.2) is 18.1 Å². The van der Waals surface area contributed by atoms with Gasteiger partial charge in [0.1, 0.15) is 0 Å². The second-order valence-corrected chi connectivity index (χ2v) is 6.77. The Morgan fingerprint density at radius 2 is 1.76 bits per heavy atom. The molecule has 0 aliphatic rings. The minimum Gasteiger partial charge on any atom is -0.338 e. The smallest absolute Gasteiger partial charge is 0.338 e. The molecule has 0 heterocycles. The molecule has 2 aromatic carbocycles. The number of thioether (sulfide) groups is 1. The molecule has 0 saturated heterocycles. The number of benzene rings is 2. The lowest BCUT2D eigenvalue weighted by Gasteiger charge is -2.10. The zero-order valence-electron chi connectivity index (χ0n) is 13.9. The SMILES string of the molecule is Cc1ccc(CCNC(=O)Nc2ccc(SC(F)(F)F)cc2)c(C)c1. The van der Waals surface area contributed by atoms with Gasteiger partial charge in [-0.15, -0.1) is 0 Å². The van der Waals surface area contributed by atoms with Crippen molar-refractivity contribution in [1.29, 1.82) is 0 Å². The van der Waals surface area contributed by atoms with Crippen LogP contribution in [0, 0.1) is 13.8 Å². The van der Waals surface area contributed by atoms with Gasteiger partial charge in [-0.2, -0.15) is 13.2 Å². The van der Waals surface area contributed by atoms with Crippen molar-refractivity contribution in [2.75, 3.05) is 11.9 Å². The molecule has 0 aromatic heterocycles. The van der Waals surface area contributed by atoms with Crippen molar-refractivity contribution in [1.82, 2.24) is 5.32 Å². The summed E-state index contributed by atoms with van der Waals surface area (Å²) in [7, 11) is 0. The van der Waals surface area contributed by atoms with Crippen molar-refractivity contribution in [2.45, 2.75) is 30.7 Å². The Morgan fingerprint density at radius 3 is 2.36 bits per heavy atom. The Bertz CT molecular complexity index is 730. The van der Waals surface area contributed by atoms with E-state index in [1.807, 2.05) is 26.0 Å². The molecule has 0 atom stereocenters. The average Bonchev–Trinajstić information content (AvgIpc) is 2.50. The van der Waals surface area contributed by atoms with Gasteiger partial charge in [0.2, 0.25) is 0 Å². The Hall–Kier alpha value is -2.15. The summed E-state index contributed by atoms with van der Waals surface area (Å²) in [6.45, 7) is 4.53. The summed E-state index contributed by atoms with van der Waals surface area (Å²) in [5, 5.41) is 5.34. The van der Waals surface area contributed by atoms with E-state index in [4.69, 9.17) is 0 Å². The molecule has 2 rings (SSSR count). The molecule has 134 valence electrons. The Balaban J connectivity index is 1.80. The lowest BCUT2D eigenvalue weighted by molar-refractivity contribution is -0.0328. The highest BCUT2D eigenvalue weighted by Crippen LogP contribution is 2.36. The van der Waals surface area contributed by atoms with Gasteiger partial charge in [-0.1, -0.05) is 23.8 Å². The number of carbonyl (C=O) groups excluding carboxylic acids is 1. The van der Waals surface area contributed by atoms with Gasteiger partial charge < -0.3 is 10.6 Å². The average molecular weight is 368 g/mol. The third-order valence-corrected chi connectivity index (χ3v) is 4.26. The third-order valence-electron chi connectivity index (χ3n) is 3.52. The van der Waals surface area contributed by atoms with Gasteiger partial charge in [0.25, 0.3) is 0 Å². The first-order valence-corrected chi connectivity index (χ1v) is 8.51. The fourth-order valence-corrected chi connectivity index (χ4v) is 2.89. The van der Waals surface area contributed by atoms with E-state index < -0.39 is 5.51 Å². The van der Waals surface area contributed by atoms with E-state index in [0.29, 0.717) is 18.7 Å². The molecule has 2 amide bonds. The number of halogens is 3. The Kier molecular flexibility index (Phi) is 6.36.